The predicted molar refractivity (Wildman–Crippen MR) is 111 cm³/mol. The van der Waals surface area contributed by atoms with Gasteiger partial charge in [-0.1, -0.05) is 29.4 Å². The molecule has 0 unspecified atom stereocenters. The van der Waals surface area contributed by atoms with Gasteiger partial charge < -0.3 is 15.3 Å². The van der Waals surface area contributed by atoms with Gasteiger partial charge in [-0.05, 0) is 77.3 Å². The predicted octanol–water partition coefficient (Wildman–Crippen LogP) is 5.93. The van der Waals surface area contributed by atoms with Crippen molar-refractivity contribution in [3.05, 3.63) is 58.7 Å². The highest BCUT2D eigenvalue weighted by atomic mass is 16.4. The molecule has 3 N–H and O–H groups in total. The van der Waals surface area contributed by atoms with Crippen molar-refractivity contribution in [2.24, 2.45) is 0 Å². The largest absolute Gasteiger partial charge is 0.504 e. The molecule has 0 aliphatic carbocycles. The maximum Gasteiger partial charge on any atom is 0.336 e. The lowest BCUT2D eigenvalue weighted by molar-refractivity contribution is 0.0695. The van der Waals surface area contributed by atoms with Gasteiger partial charge in [0.05, 0.1) is 5.56 Å². The number of aromatic hydroxyl groups is 2. The molecule has 0 heterocycles. The molecule has 0 aliphatic rings. The SMILES string of the molecule is C=CCCCCc1cc(C(=O)O)c(C/C=C(\C)CCC=C(C)C)c(O)c1O. The maximum atomic E-state index is 11.7. The molecule has 0 saturated heterocycles. The van der Waals surface area contributed by atoms with Crippen LogP contribution >= 0.6 is 0 Å². The number of hydrogen-bond acceptors (Lipinski definition) is 3. The van der Waals surface area contributed by atoms with Crippen LogP contribution in [0.3, 0.4) is 0 Å². The van der Waals surface area contributed by atoms with Gasteiger partial charge in [-0.15, -0.1) is 6.58 Å². The second kappa shape index (κ2) is 11.3. The number of unbranched alkanes of at least 4 members (excludes halogenated alkanes) is 2. The van der Waals surface area contributed by atoms with E-state index in [4.69, 9.17) is 0 Å². The molecule has 0 atom stereocenters. The van der Waals surface area contributed by atoms with Gasteiger partial charge >= 0.3 is 5.97 Å². The molecular weight excluding hydrogens is 340 g/mol. The minimum absolute atomic E-state index is 0.0531. The Kier molecular flexibility index (Phi) is 9.41. The third-order valence-electron chi connectivity index (χ3n) is 4.54. The van der Waals surface area contributed by atoms with Crippen molar-refractivity contribution in [3.63, 3.8) is 0 Å². The average Bonchev–Trinajstić information content (AvgIpc) is 2.60. The van der Waals surface area contributed by atoms with E-state index in [-0.39, 0.29) is 29.0 Å². The van der Waals surface area contributed by atoms with E-state index in [0.29, 0.717) is 12.0 Å². The number of phenols is 2. The Bertz CT molecular complexity index is 722. The molecule has 0 aliphatic heterocycles. The van der Waals surface area contributed by atoms with Crippen LogP contribution in [0.4, 0.5) is 0 Å². The van der Waals surface area contributed by atoms with Gasteiger partial charge in [0.2, 0.25) is 0 Å². The first-order valence-electron chi connectivity index (χ1n) is 9.47. The minimum Gasteiger partial charge on any atom is -0.504 e. The lowest BCUT2D eigenvalue weighted by Crippen LogP contribution is -2.05. The van der Waals surface area contributed by atoms with Gasteiger partial charge in [0.1, 0.15) is 0 Å². The standard InChI is InChI=1S/C23H32O4/c1-5-6-7-8-12-18-15-20(23(26)27)19(22(25)21(18)24)14-13-17(4)11-9-10-16(2)3/h5,10,13,15,24-25H,1,6-9,11-12,14H2,2-4H3,(H,26,27)/b17-13+. The van der Waals surface area contributed by atoms with Crippen LogP contribution in [0.25, 0.3) is 0 Å². The number of aryl methyl sites for hydroxylation is 1. The van der Waals surface area contributed by atoms with Crippen molar-refractivity contribution < 1.29 is 20.1 Å². The first-order chi connectivity index (χ1) is 12.8. The molecule has 0 amide bonds. The average molecular weight is 373 g/mol. The first kappa shape index (κ1) is 22.6. The van der Waals surface area contributed by atoms with Gasteiger partial charge in [0.15, 0.2) is 11.5 Å². The van der Waals surface area contributed by atoms with Gasteiger partial charge in [0.25, 0.3) is 0 Å². The molecule has 0 aromatic heterocycles. The zero-order valence-electron chi connectivity index (χ0n) is 16.7. The lowest BCUT2D eigenvalue weighted by atomic mass is 9.95. The summed E-state index contributed by atoms with van der Waals surface area (Å²) in [6.07, 6.45) is 11.1. The summed E-state index contributed by atoms with van der Waals surface area (Å²) in [6, 6.07) is 1.49. The fourth-order valence-electron chi connectivity index (χ4n) is 2.91. The topological polar surface area (TPSA) is 77.8 Å². The monoisotopic (exact) mass is 372 g/mol. The second-order valence-corrected chi connectivity index (χ2v) is 7.17. The summed E-state index contributed by atoms with van der Waals surface area (Å²) in [5.41, 5.74) is 3.18. The van der Waals surface area contributed by atoms with E-state index in [1.807, 2.05) is 19.1 Å². The molecule has 0 spiro atoms. The van der Waals surface area contributed by atoms with Gasteiger partial charge in [0, 0.05) is 5.56 Å². The number of carboxylic acid groups (broad SMARTS) is 1. The van der Waals surface area contributed by atoms with E-state index in [1.54, 1.807) is 0 Å². The molecule has 27 heavy (non-hydrogen) atoms. The zero-order chi connectivity index (χ0) is 20.4. The molecule has 4 nitrogen and oxygen atoms in total. The highest BCUT2D eigenvalue weighted by Crippen LogP contribution is 2.37. The van der Waals surface area contributed by atoms with Crippen molar-refractivity contribution in [3.8, 4) is 11.5 Å². The smallest absolute Gasteiger partial charge is 0.336 e. The molecule has 148 valence electrons. The molecule has 0 fully saturated rings. The van der Waals surface area contributed by atoms with E-state index in [1.165, 1.54) is 11.6 Å². The molecule has 1 aromatic carbocycles. The summed E-state index contributed by atoms with van der Waals surface area (Å²) in [5.74, 6) is -1.62. The Labute approximate surface area is 162 Å². The fourth-order valence-corrected chi connectivity index (χ4v) is 2.91. The van der Waals surface area contributed by atoms with Gasteiger partial charge in [-0.2, -0.15) is 0 Å². The van der Waals surface area contributed by atoms with Gasteiger partial charge in [-0.3, -0.25) is 0 Å². The molecule has 0 radical (unpaired) electrons. The molecular formula is C23H32O4. The van der Waals surface area contributed by atoms with Crippen LogP contribution in [0.2, 0.25) is 0 Å². The highest BCUT2D eigenvalue weighted by molar-refractivity contribution is 5.91. The van der Waals surface area contributed by atoms with Crippen LogP contribution in [-0.2, 0) is 12.8 Å². The molecule has 0 bridgehead atoms. The Morgan fingerprint density at radius 1 is 1.07 bits per heavy atom. The van der Waals surface area contributed by atoms with Crippen molar-refractivity contribution in [1.82, 2.24) is 0 Å². The number of rotatable bonds is 11. The van der Waals surface area contributed by atoms with Crippen LogP contribution in [0.15, 0.2) is 42.0 Å². The minimum atomic E-state index is -1.09. The van der Waals surface area contributed by atoms with E-state index < -0.39 is 5.97 Å². The maximum absolute atomic E-state index is 11.7. The Hall–Kier alpha value is -2.49. The normalized spacial score (nSPS) is 11.3. The van der Waals surface area contributed by atoms with Crippen LogP contribution in [0.5, 0.6) is 11.5 Å². The van der Waals surface area contributed by atoms with E-state index in [0.717, 1.165) is 37.7 Å². The number of carbonyl (C=O) groups is 1. The quantitative estimate of drug-likeness (QED) is 0.255. The Morgan fingerprint density at radius 2 is 1.78 bits per heavy atom. The van der Waals surface area contributed by atoms with Crippen molar-refractivity contribution in [2.75, 3.05) is 0 Å². The zero-order valence-corrected chi connectivity index (χ0v) is 16.7. The van der Waals surface area contributed by atoms with E-state index in [2.05, 4.69) is 26.5 Å². The first-order valence-corrected chi connectivity index (χ1v) is 9.47. The summed E-state index contributed by atoms with van der Waals surface area (Å²) in [6.45, 7) is 9.77. The number of aromatic carboxylic acids is 1. The third kappa shape index (κ3) is 7.33. The summed E-state index contributed by atoms with van der Waals surface area (Å²) in [4.78, 5) is 11.7. The van der Waals surface area contributed by atoms with Crippen LogP contribution in [0.1, 0.15) is 74.4 Å². The molecule has 0 saturated carbocycles. The van der Waals surface area contributed by atoms with E-state index >= 15 is 0 Å². The van der Waals surface area contributed by atoms with E-state index in [9.17, 15) is 20.1 Å². The number of carboxylic acids is 1. The van der Waals surface area contributed by atoms with Crippen LogP contribution < -0.4 is 0 Å². The molecule has 1 rings (SSSR count). The van der Waals surface area contributed by atoms with Crippen molar-refractivity contribution in [1.29, 1.82) is 0 Å². The summed E-state index contributed by atoms with van der Waals surface area (Å²) in [7, 11) is 0. The third-order valence-corrected chi connectivity index (χ3v) is 4.54. The second-order valence-electron chi connectivity index (χ2n) is 7.17. The van der Waals surface area contributed by atoms with Crippen molar-refractivity contribution in [2.45, 2.75) is 65.7 Å². The highest BCUT2D eigenvalue weighted by Gasteiger charge is 2.20. The fraction of sp³-hybridized carbons (Fsp3) is 0.435. The Morgan fingerprint density at radius 3 is 2.37 bits per heavy atom. The van der Waals surface area contributed by atoms with Gasteiger partial charge in [-0.25, -0.2) is 4.79 Å². The summed E-state index contributed by atoms with van der Waals surface area (Å²) >= 11 is 0. The molecule has 1 aromatic rings. The van der Waals surface area contributed by atoms with Crippen LogP contribution in [0, 0.1) is 0 Å². The van der Waals surface area contributed by atoms with Crippen molar-refractivity contribution >= 4 is 5.97 Å². The van der Waals surface area contributed by atoms with Crippen LogP contribution in [-0.4, -0.2) is 21.3 Å². The lowest BCUT2D eigenvalue weighted by Gasteiger charge is -2.13. The number of hydrogen-bond donors (Lipinski definition) is 3. The summed E-state index contributed by atoms with van der Waals surface area (Å²) < 4.78 is 0. The molecule has 4 heteroatoms. The summed E-state index contributed by atoms with van der Waals surface area (Å²) in [5, 5.41) is 30.3. The number of benzene rings is 1. The number of allylic oxidation sites excluding steroid dienone is 5. The Balaban J connectivity index is 3.01. The number of phenolic OH excluding ortho intramolecular Hbond substituents is 2.